The zero-order valence-corrected chi connectivity index (χ0v) is 15.3. The number of nitrogens with one attached hydrogen (secondary N) is 2. The number of nitrogens with zero attached hydrogens (tertiary/aromatic N) is 2. The van der Waals surface area contributed by atoms with Gasteiger partial charge in [-0.3, -0.25) is 14.5 Å². The lowest BCUT2D eigenvalue weighted by atomic mass is 9.82. The first-order chi connectivity index (χ1) is 12.4. The molecule has 1 spiro atoms. The van der Waals surface area contributed by atoms with E-state index >= 15 is 0 Å². The summed E-state index contributed by atoms with van der Waals surface area (Å²) in [4.78, 5) is 38.0. The van der Waals surface area contributed by atoms with Crippen LogP contribution in [0.3, 0.4) is 0 Å². The van der Waals surface area contributed by atoms with Crippen LogP contribution >= 0.6 is 0 Å². The average Bonchev–Trinajstić information content (AvgIpc) is 3.12. The predicted molar refractivity (Wildman–Crippen MR) is 93.0 cm³/mol. The number of hydrogen-bond donors (Lipinski definition) is 2. The van der Waals surface area contributed by atoms with Gasteiger partial charge < -0.3 is 15.2 Å². The van der Waals surface area contributed by atoms with E-state index in [0.717, 1.165) is 36.3 Å². The Hall–Kier alpha value is -2.38. The van der Waals surface area contributed by atoms with Crippen molar-refractivity contribution < 1.29 is 18.9 Å². The molecule has 1 aliphatic heterocycles. The van der Waals surface area contributed by atoms with Gasteiger partial charge in [-0.25, -0.2) is 4.79 Å². The van der Waals surface area contributed by atoms with E-state index in [2.05, 4.69) is 29.6 Å². The Morgan fingerprint density at radius 2 is 2.08 bits per heavy atom. The van der Waals surface area contributed by atoms with Gasteiger partial charge in [-0.15, -0.1) is 0 Å². The van der Waals surface area contributed by atoms with Gasteiger partial charge in [0, 0.05) is 6.07 Å². The molecule has 4 amide bonds. The van der Waals surface area contributed by atoms with Crippen molar-refractivity contribution in [2.45, 2.75) is 64.5 Å². The molecular weight excluding hydrogens is 336 g/mol. The summed E-state index contributed by atoms with van der Waals surface area (Å²) in [6, 6.07) is 1.33. The molecule has 8 heteroatoms. The summed E-state index contributed by atoms with van der Waals surface area (Å²) >= 11 is 0. The predicted octanol–water partition coefficient (Wildman–Crippen LogP) is 1.74. The van der Waals surface area contributed by atoms with Gasteiger partial charge in [0.1, 0.15) is 12.1 Å². The monoisotopic (exact) mass is 362 g/mol. The molecule has 8 nitrogen and oxygen atoms in total. The third-order valence-electron chi connectivity index (χ3n) is 4.94. The first-order valence-electron chi connectivity index (χ1n) is 9.25. The zero-order chi connectivity index (χ0) is 18.7. The van der Waals surface area contributed by atoms with E-state index in [1.165, 1.54) is 0 Å². The molecule has 1 aromatic rings. The fourth-order valence-electron chi connectivity index (χ4n) is 3.65. The maximum Gasteiger partial charge on any atom is 0.325 e. The van der Waals surface area contributed by atoms with Crippen LogP contribution in [-0.4, -0.2) is 40.0 Å². The topological polar surface area (TPSA) is 105 Å². The summed E-state index contributed by atoms with van der Waals surface area (Å²) in [5, 5.41) is 9.44. The summed E-state index contributed by atoms with van der Waals surface area (Å²) in [7, 11) is 0. The normalized spacial score (nSPS) is 19.3. The van der Waals surface area contributed by atoms with Crippen molar-refractivity contribution in [2.75, 3.05) is 6.54 Å². The minimum absolute atomic E-state index is 0.179. The molecule has 2 heterocycles. The van der Waals surface area contributed by atoms with Crippen LogP contribution in [0.4, 0.5) is 4.79 Å². The van der Waals surface area contributed by atoms with E-state index in [9.17, 15) is 14.4 Å². The number of amides is 4. The lowest BCUT2D eigenvalue weighted by Gasteiger charge is -2.30. The highest BCUT2D eigenvalue weighted by Crippen LogP contribution is 2.33. The van der Waals surface area contributed by atoms with Crippen molar-refractivity contribution in [1.82, 2.24) is 20.7 Å². The number of urea groups is 1. The van der Waals surface area contributed by atoms with Crippen LogP contribution in [0.5, 0.6) is 0 Å². The molecule has 1 saturated carbocycles. The van der Waals surface area contributed by atoms with Crippen molar-refractivity contribution in [2.24, 2.45) is 5.92 Å². The van der Waals surface area contributed by atoms with Crippen LogP contribution in [-0.2, 0) is 22.6 Å². The Morgan fingerprint density at radius 3 is 2.77 bits per heavy atom. The van der Waals surface area contributed by atoms with Crippen LogP contribution in [0.1, 0.15) is 57.4 Å². The third-order valence-corrected chi connectivity index (χ3v) is 4.94. The fraction of sp³-hybridized carbons (Fsp3) is 0.667. The second kappa shape index (κ2) is 7.47. The van der Waals surface area contributed by atoms with Crippen molar-refractivity contribution in [1.29, 1.82) is 0 Å². The first-order valence-corrected chi connectivity index (χ1v) is 9.25. The number of carbonyl (C=O) groups is 3. The Kier molecular flexibility index (Phi) is 5.29. The van der Waals surface area contributed by atoms with Gasteiger partial charge >= 0.3 is 6.03 Å². The molecule has 0 radical (unpaired) electrons. The number of imide groups is 1. The number of carbonyl (C=O) groups excluding carboxylic acids is 3. The second-order valence-electron chi connectivity index (χ2n) is 7.62. The van der Waals surface area contributed by atoms with E-state index in [0.29, 0.717) is 24.5 Å². The molecule has 0 unspecified atom stereocenters. The first kappa shape index (κ1) is 18.4. The summed E-state index contributed by atoms with van der Waals surface area (Å²) in [6.07, 6.45) is 4.99. The minimum Gasteiger partial charge on any atom is -0.359 e. The smallest absolute Gasteiger partial charge is 0.325 e. The summed E-state index contributed by atoms with van der Waals surface area (Å²) < 4.78 is 5.19. The largest absolute Gasteiger partial charge is 0.359 e. The number of aromatic nitrogens is 1. The number of hydrogen-bond acceptors (Lipinski definition) is 5. The van der Waals surface area contributed by atoms with Crippen LogP contribution in [0, 0.1) is 5.92 Å². The zero-order valence-electron chi connectivity index (χ0n) is 15.3. The SMILES string of the molecule is CC(C)Cc1cc(CNC(=O)CN2C(=O)NC3(CCCCC3)C2=O)on1. The molecule has 0 aromatic carbocycles. The third kappa shape index (κ3) is 3.89. The fourth-order valence-corrected chi connectivity index (χ4v) is 3.65. The highest BCUT2D eigenvalue weighted by molar-refractivity contribution is 6.09. The molecule has 26 heavy (non-hydrogen) atoms. The highest BCUT2D eigenvalue weighted by atomic mass is 16.5. The Bertz CT molecular complexity index is 691. The Morgan fingerprint density at radius 1 is 1.35 bits per heavy atom. The Labute approximate surface area is 152 Å². The molecule has 2 fully saturated rings. The number of rotatable bonds is 6. The van der Waals surface area contributed by atoms with E-state index in [1.54, 1.807) is 0 Å². The standard InChI is InChI=1S/C18H26N4O4/c1-12(2)8-13-9-14(26-21-13)10-19-15(23)11-22-16(24)18(20-17(22)25)6-4-3-5-7-18/h9,12H,3-8,10-11H2,1-2H3,(H,19,23)(H,20,25). The molecule has 1 saturated heterocycles. The molecule has 2 aliphatic rings. The molecule has 2 N–H and O–H groups in total. The maximum atomic E-state index is 12.6. The van der Waals surface area contributed by atoms with Crippen molar-refractivity contribution >= 4 is 17.8 Å². The van der Waals surface area contributed by atoms with Gasteiger partial charge in [0.2, 0.25) is 5.91 Å². The highest BCUT2D eigenvalue weighted by Gasteiger charge is 2.51. The van der Waals surface area contributed by atoms with Gasteiger partial charge in [0.15, 0.2) is 5.76 Å². The average molecular weight is 362 g/mol. The van der Waals surface area contributed by atoms with Crippen LogP contribution in [0.15, 0.2) is 10.6 Å². The molecule has 1 aliphatic carbocycles. The van der Waals surface area contributed by atoms with E-state index in [4.69, 9.17) is 4.52 Å². The van der Waals surface area contributed by atoms with Gasteiger partial charge in [-0.2, -0.15) is 0 Å². The van der Waals surface area contributed by atoms with E-state index < -0.39 is 17.5 Å². The Balaban J connectivity index is 1.52. The van der Waals surface area contributed by atoms with E-state index in [-0.39, 0.29) is 19.0 Å². The van der Waals surface area contributed by atoms with Crippen LogP contribution < -0.4 is 10.6 Å². The van der Waals surface area contributed by atoms with Crippen molar-refractivity contribution in [3.63, 3.8) is 0 Å². The van der Waals surface area contributed by atoms with Crippen LogP contribution in [0.2, 0.25) is 0 Å². The van der Waals surface area contributed by atoms with Gasteiger partial charge in [0.25, 0.3) is 5.91 Å². The second-order valence-corrected chi connectivity index (χ2v) is 7.62. The van der Waals surface area contributed by atoms with Gasteiger partial charge in [-0.05, 0) is 25.2 Å². The minimum atomic E-state index is -0.799. The molecule has 0 bridgehead atoms. The maximum absolute atomic E-state index is 12.6. The quantitative estimate of drug-likeness (QED) is 0.750. The summed E-state index contributed by atoms with van der Waals surface area (Å²) in [5.74, 6) is 0.337. The lowest BCUT2D eigenvalue weighted by molar-refractivity contribution is -0.135. The van der Waals surface area contributed by atoms with Gasteiger partial charge in [-0.1, -0.05) is 38.3 Å². The molecule has 3 rings (SSSR count). The molecule has 142 valence electrons. The molecule has 0 atom stereocenters. The molecule has 1 aromatic heterocycles. The van der Waals surface area contributed by atoms with Crippen molar-refractivity contribution in [3.8, 4) is 0 Å². The summed E-state index contributed by atoms with van der Waals surface area (Å²) in [6.45, 7) is 4.08. The van der Waals surface area contributed by atoms with Gasteiger partial charge in [0.05, 0.1) is 12.2 Å². The lowest BCUT2D eigenvalue weighted by Crippen LogP contribution is -2.49. The van der Waals surface area contributed by atoms with Crippen LogP contribution in [0.25, 0.3) is 0 Å². The van der Waals surface area contributed by atoms with Crippen molar-refractivity contribution in [3.05, 3.63) is 17.5 Å². The molecular formula is C18H26N4O4. The summed E-state index contributed by atoms with van der Waals surface area (Å²) in [5.41, 5.74) is 0.0457. The van der Waals surface area contributed by atoms with E-state index in [1.807, 2.05) is 6.07 Å².